The topological polar surface area (TPSA) is 26.5 Å². The molecular formula is C9H11N2O+. The van der Waals surface area contributed by atoms with Gasteiger partial charge in [0.15, 0.2) is 6.54 Å². The Kier molecular flexibility index (Phi) is 1.80. The third-order valence-electron chi connectivity index (χ3n) is 1.93. The molecule has 0 radical (unpaired) electrons. The van der Waals surface area contributed by atoms with E-state index in [-0.39, 0.29) is 0 Å². The zero-order chi connectivity index (χ0) is 8.39. The SMILES string of the molecule is ON1C=[N+](c2ccccc2)CC1. The van der Waals surface area contributed by atoms with E-state index >= 15 is 0 Å². The minimum Gasteiger partial charge on any atom is -0.228 e. The van der Waals surface area contributed by atoms with Gasteiger partial charge in [-0.15, -0.1) is 5.06 Å². The van der Waals surface area contributed by atoms with Crippen LogP contribution in [0, 0.1) is 0 Å². The van der Waals surface area contributed by atoms with E-state index in [9.17, 15) is 0 Å². The lowest BCUT2D eigenvalue weighted by Crippen LogP contribution is -2.12. The fraction of sp³-hybridized carbons (Fsp3) is 0.222. The van der Waals surface area contributed by atoms with Crippen molar-refractivity contribution in [3.8, 4) is 0 Å². The van der Waals surface area contributed by atoms with Crippen LogP contribution in [0.3, 0.4) is 0 Å². The molecule has 62 valence electrons. The van der Waals surface area contributed by atoms with Gasteiger partial charge in [-0.1, -0.05) is 18.2 Å². The maximum atomic E-state index is 9.10. The van der Waals surface area contributed by atoms with E-state index in [1.807, 2.05) is 34.9 Å². The number of rotatable bonds is 1. The van der Waals surface area contributed by atoms with Gasteiger partial charge in [0, 0.05) is 0 Å². The van der Waals surface area contributed by atoms with Crippen molar-refractivity contribution in [1.29, 1.82) is 0 Å². The summed E-state index contributed by atoms with van der Waals surface area (Å²) in [6.45, 7) is 1.52. The highest BCUT2D eigenvalue weighted by Crippen LogP contribution is 2.11. The first kappa shape index (κ1) is 7.31. The molecule has 12 heavy (non-hydrogen) atoms. The van der Waals surface area contributed by atoms with Crippen LogP contribution in [0.2, 0.25) is 0 Å². The average molecular weight is 163 g/mol. The Labute approximate surface area is 71.1 Å². The van der Waals surface area contributed by atoms with Crippen LogP contribution < -0.4 is 0 Å². The molecule has 1 aromatic carbocycles. The second-order valence-corrected chi connectivity index (χ2v) is 2.81. The Morgan fingerprint density at radius 3 is 2.58 bits per heavy atom. The normalized spacial score (nSPS) is 16.4. The van der Waals surface area contributed by atoms with Crippen molar-refractivity contribution in [2.45, 2.75) is 0 Å². The predicted molar refractivity (Wildman–Crippen MR) is 45.8 cm³/mol. The molecule has 1 aromatic rings. The molecule has 0 bridgehead atoms. The first-order valence-electron chi connectivity index (χ1n) is 3.98. The van der Waals surface area contributed by atoms with Crippen LogP contribution in [0.5, 0.6) is 0 Å². The van der Waals surface area contributed by atoms with Gasteiger partial charge in [-0.3, -0.25) is 0 Å². The predicted octanol–water partition coefficient (Wildman–Crippen LogP) is 1.06. The zero-order valence-electron chi connectivity index (χ0n) is 6.72. The number of benzene rings is 1. The summed E-state index contributed by atoms with van der Waals surface area (Å²) in [5.74, 6) is 0. The van der Waals surface area contributed by atoms with Gasteiger partial charge in [-0.2, -0.15) is 0 Å². The summed E-state index contributed by atoms with van der Waals surface area (Å²) in [7, 11) is 0. The van der Waals surface area contributed by atoms with Crippen LogP contribution in [0.4, 0.5) is 5.69 Å². The van der Waals surface area contributed by atoms with Gasteiger partial charge in [-0.05, 0) is 12.1 Å². The number of para-hydroxylation sites is 1. The highest BCUT2D eigenvalue weighted by molar-refractivity contribution is 5.51. The van der Waals surface area contributed by atoms with E-state index < -0.39 is 0 Å². The highest BCUT2D eigenvalue weighted by Gasteiger charge is 2.17. The highest BCUT2D eigenvalue weighted by atomic mass is 16.5. The lowest BCUT2D eigenvalue weighted by Gasteiger charge is -1.96. The van der Waals surface area contributed by atoms with Gasteiger partial charge in [-0.25, -0.2) is 9.78 Å². The molecule has 0 atom stereocenters. The first-order chi connectivity index (χ1) is 5.86. The molecule has 1 aliphatic rings. The number of hydroxylamine groups is 2. The third-order valence-corrected chi connectivity index (χ3v) is 1.93. The molecule has 2 rings (SSSR count). The van der Waals surface area contributed by atoms with Crippen molar-refractivity contribution in [1.82, 2.24) is 5.06 Å². The summed E-state index contributed by atoms with van der Waals surface area (Å²) < 4.78 is 2.01. The lowest BCUT2D eigenvalue weighted by atomic mass is 10.3. The number of hydrogen-bond acceptors (Lipinski definition) is 2. The summed E-state index contributed by atoms with van der Waals surface area (Å²) in [4.78, 5) is 0. The Balaban J connectivity index is 2.27. The Bertz CT molecular complexity index is 295. The van der Waals surface area contributed by atoms with E-state index in [1.165, 1.54) is 5.06 Å². The third kappa shape index (κ3) is 1.31. The zero-order valence-corrected chi connectivity index (χ0v) is 6.72. The van der Waals surface area contributed by atoms with Crippen LogP contribution in [0.15, 0.2) is 30.3 Å². The van der Waals surface area contributed by atoms with E-state index in [0.717, 1.165) is 12.2 Å². The van der Waals surface area contributed by atoms with Crippen molar-refractivity contribution >= 4 is 12.0 Å². The van der Waals surface area contributed by atoms with Gasteiger partial charge in [0.25, 0.3) is 6.34 Å². The second kappa shape index (κ2) is 2.95. The van der Waals surface area contributed by atoms with Gasteiger partial charge < -0.3 is 0 Å². The Hall–Kier alpha value is -1.35. The molecule has 0 spiro atoms. The van der Waals surface area contributed by atoms with Crippen LogP contribution in [0.25, 0.3) is 0 Å². The van der Waals surface area contributed by atoms with Crippen molar-refractivity contribution in [3.63, 3.8) is 0 Å². The minimum absolute atomic E-state index is 0.675. The molecule has 3 heteroatoms. The minimum atomic E-state index is 0.675. The molecular weight excluding hydrogens is 152 g/mol. The quantitative estimate of drug-likeness (QED) is 0.627. The summed E-state index contributed by atoms with van der Waals surface area (Å²) >= 11 is 0. The molecule has 0 amide bonds. The van der Waals surface area contributed by atoms with Crippen molar-refractivity contribution in [3.05, 3.63) is 30.3 Å². The monoisotopic (exact) mass is 163 g/mol. The summed E-state index contributed by atoms with van der Waals surface area (Å²) in [6.07, 6.45) is 1.70. The number of hydrogen-bond donors (Lipinski definition) is 1. The molecule has 0 unspecified atom stereocenters. The van der Waals surface area contributed by atoms with Gasteiger partial charge in [0.1, 0.15) is 12.2 Å². The van der Waals surface area contributed by atoms with Crippen LogP contribution >= 0.6 is 0 Å². The smallest absolute Gasteiger partial charge is 0.228 e. The molecule has 1 aliphatic heterocycles. The standard InChI is InChI=1S/C9H11N2O/c12-11-7-6-10(8-11)9-4-2-1-3-5-9/h1-5,8,12H,6-7H2/q+1. The average Bonchev–Trinajstić information content (AvgIpc) is 2.54. The maximum absolute atomic E-state index is 9.10. The van der Waals surface area contributed by atoms with Gasteiger partial charge in [0.05, 0.1) is 0 Å². The Morgan fingerprint density at radius 1 is 1.25 bits per heavy atom. The summed E-state index contributed by atoms with van der Waals surface area (Å²) in [5.41, 5.74) is 1.12. The van der Waals surface area contributed by atoms with Crippen molar-refractivity contribution < 1.29 is 9.78 Å². The van der Waals surface area contributed by atoms with E-state index in [2.05, 4.69) is 0 Å². The second-order valence-electron chi connectivity index (χ2n) is 2.81. The van der Waals surface area contributed by atoms with Crippen molar-refractivity contribution in [2.24, 2.45) is 0 Å². The van der Waals surface area contributed by atoms with Crippen LogP contribution in [-0.4, -0.2) is 34.3 Å². The van der Waals surface area contributed by atoms with E-state index in [1.54, 1.807) is 6.34 Å². The van der Waals surface area contributed by atoms with Crippen LogP contribution in [-0.2, 0) is 0 Å². The van der Waals surface area contributed by atoms with E-state index in [4.69, 9.17) is 5.21 Å². The molecule has 0 aliphatic carbocycles. The molecule has 0 aromatic heterocycles. The largest absolute Gasteiger partial charge is 0.269 e. The molecule has 0 fully saturated rings. The number of nitrogens with zero attached hydrogens (tertiary/aromatic N) is 2. The molecule has 0 saturated heterocycles. The molecule has 1 heterocycles. The molecule has 0 saturated carbocycles. The van der Waals surface area contributed by atoms with Gasteiger partial charge >= 0.3 is 0 Å². The van der Waals surface area contributed by atoms with Gasteiger partial charge in [0.2, 0.25) is 0 Å². The van der Waals surface area contributed by atoms with Crippen molar-refractivity contribution in [2.75, 3.05) is 13.1 Å². The summed E-state index contributed by atoms with van der Waals surface area (Å²) in [6, 6.07) is 10.0. The molecule has 3 nitrogen and oxygen atoms in total. The van der Waals surface area contributed by atoms with E-state index in [0.29, 0.717) is 6.54 Å². The Morgan fingerprint density at radius 2 is 2.00 bits per heavy atom. The van der Waals surface area contributed by atoms with Crippen LogP contribution in [0.1, 0.15) is 0 Å². The maximum Gasteiger partial charge on any atom is 0.269 e. The fourth-order valence-corrected chi connectivity index (χ4v) is 1.30. The fourth-order valence-electron chi connectivity index (χ4n) is 1.30. The first-order valence-corrected chi connectivity index (χ1v) is 3.98. The molecule has 1 N–H and O–H groups in total. The lowest BCUT2D eigenvalue weighted by molar-refractivity contribution is -0.424. The summed E-state index contributed by atoms with van der Waals surface area (Å²) in [5, 5.41) is 10.3.